The van der Waals surface area contributed by atoms with E-state index in [1.54, 1.807) is 37.3 Å². The molecule has 5 rings (SSSR count). The SMILES string of the molecule is C/C(=C\c1ccc2c(c1)N(S(=O)(=O)c1cccc(C(F)(F)F)c1)C[C@H](CCN1CCC(O)C1)O2)c1c(F)cccc1Cl. The molecule has 1 fully saturated rings. The van der Waals surface area contributed by atoms with Gasteiger partial charge in [0.05, 0.1) is 33.8 Å². The minimum atomic E-state index is -4.72. The Balaban J connectivity index is 1.52. The van der Waals surface area contributed by atoms with Gasteiger partial charge in [0, 0.05) is 25.2 Å². The lowest BCUT2D eigenvalue weighted by atomic mass is 10.0. The van der Waals surface area contributed by atoms with Gasteiger partial charge in [-0.3, -0.25) is 4.31 Å². The highest BCUT2D eigenvalue weighted by molar-refractivity contribution is 7.92. The minimum absolute atomic E-state index is 0.132. The number of nitrogens with zero attached hydrogens (tertiary/aromatic N) is 2. The van der Waals surface area contributed by atoms with Crippen LogP contribution in [0.4, 0.5) is 23.2 Å². The average molecular weight is 625 g/mol. The number of aliphatic hydroxyl groups is 1. The zero-order valence-corrected chi connectivity index (χ0v) is 24.2. The minimum Gasteiger partial charge on any atom is -0.486 e. The Morgan fingerprint density at radius 3 is 2.57 bits per heavy atom. The highest BCUT2D eigenvalue weighted by Gasteiger charge is 2.37. The number of aliphatic hydroxyl groups excluding tert-OH is 1. The molecule has 2 heterocycles. The van der Waals surface area contributed by atoms with Crippen LogP contribution in [-0.4, -0.2) is 56.8 Å². The number of anilines is 1. The Bertz CT molecular complexity index is 1590. The first-order chi connectivity index (χ1) is 19.8. The normalized spacial score (nSPS) is 20.0. The van der Waals surface area contributed by atoms with E-state index in [1.165, 1.54) is 12.1 Å². The molecule has 2 aliphatic heterocycles. The second-order valence-electron chi connectivity index (χ2n) is 10.5. The van der Waals surface area contributed by atoms with E-state index in [9.17, 15) is 31.1 Å². The molecule has 0 aromatic heterocycles. The van der Waals surface area contributed by atoms with Gasteiger partial charge in [-0.2, -0.15) is 13.2 Å². The van der Waals surface area contributed by atoms with Crippen LogP contribution in [0.25, 0.3) is 11.6 Å². The molecule has 0 amide bonds. The van der Waals surface area contributed by atoms with Crippen molar-refractivity contribution >= 4 is 39.0 Å². The van der Waals surface area contributed by atoms with E-state index in [4.69, 9.17) is 16.3 Å². The average Bonchev–Trinajstić information content (AvgIpc) is 3.36. The highest BCUT2D eigenvalue weighted by Crippen LogP contribution is 2.40. The van der Waals surface area contributed by atoms with Gasteiger partial charge in [-0.1, -0.05) is 35.9 Å². The number of sulfonamides is 1. The zero-order chi connectivity index (χ0) is 30.2. The van der Waals surface area contributed by atoms with E-state index >= 15 is 0 Å². The number of β-amino-alcohol motifs (C(OH)–C–C–N with tert-alkyl or cyclic N) is 1. The molecule has 3 aromatic rings. The van der Waals surface area contributed by atoms with Crippen LogP contribution in [0.15, 0.2) is 65.6 Å². The molecule has 6 nitrogen and oxygen atoms in total. The number of alkyl halides is 3. The van der Waals surface area contributed by atoms with Crippen molar-refractivity contribution in [3.8, 4) is 5.75 Å². The summed E-state index contributed by atoms with van der Waals surface area (Å²) in [6, 6.07) is 12.8. The molecule has 0 radical (unpaired) electrons. The number of halogens is 5. The fraction of sp³-hybridized carbons (Fsp3) is 0.333. The summed E-state index contributed by atoms with van der Waals surface area (Å²) < 4.78 is 89.9. The Hall–Kier alpha value is -3.12. The predicted molar refractivity (Wildman–Crippen MR) is 153 cm³/mol. The molecule has 224 valence electrons. The molecule has 1 saturated heterocycles. The largest absolute Gasteiger partial charge is 0.486 e. The fourth-order valence-electron chi connectivity index (χ4n) is 5.30. The number of ether oxygens (including phenoxy) is 1. The molecular weight excluding hydrogens is 596 g/mol. The van der Waals surface area contributed by atoms with Crippen LogP contribution < -0.4 is 9.04 Å². The molecule has 2 atom stereocenters. The first-order valence-corrected chi connectivity index (χ1v) is 15.2. The number of hydrogen-bond donors (Lipinski definition) is 1. The van der Waals surface area contributed by atoms with E-state index < -0.39 is 44.7 Å². The molecule has 0 spiro atoms. The van der Waals surface area contributed by atoms with Crippen molar-refractivity contribution in [1.82, 2.24) is 4.90 Å². The maximum Gasteiger partial charge on any atom is 0.416 e. The number of hydrogen-bond acceptors (Lipinski definition) is 5. The maximum absolute atomic E-state index is 14.5. The number of rotatable bonds is 7. The van der Waals surface area contributed by atoms with Gasteiger partial charge in [0.2, 0.25) is 0 Å². The first-order valence-electron chi connectivity index (χ1n) is 13.4. The third kappa shape index (κ3) is 6.44. The Morgan fingerprint density at radius 1 is 1.12 bits per heavy atom. The summed E-state index contributed by atoms with van der Waals surface area (Å²) in [6.07, 6.45) is -2.99. The van der Waals surface area contributed by atoms with Crippen molar-refractivity contribution in [2.24, 2.45) is 0 Å². The van der Waals surface area contributed by atoms with Crippen LogP contribution in [0.5, 0.6) is 5.75 Å². The summed E-state index contributed by atoms with van der Waals surface area (Å²) >= 11 is 6.22. The summed E-state index contributed by atoms with van der Waals surface area (Å²) in [4.78, 5) is 1.56. The number of benzene rings is 3. The van der Waals surface area contributed by atoms with E-state index in [0.29, 0.717) is 49.7 Å². The van der Waals surface area contributed by atoms with Crippen LogP contribution in [0.3, 0.4) is 0 Å². The standard InChI is InChI=1S/C30H29ClF4N2O4S/c1-19(29-25(31)6-3-7-26(29)32)14-20-8-9-28-27(15-20)37(18-23(41-28)11-13-36-12-10-22(38)17-36)42(39,40)24-5-2-4-21(16-24)30(33,34)35/h2-9,14-16,22-23,38H,10-13,17-18H2,1H3/b19-14+/t22?,23-/m0/s1. The van der Waals surface area contributed by atoms with Gasteiger partial charge in [0.25, 0.3) is 10.0 Å². The number of allylic oxidation sites excluding steroid dienone is 1. The molecule has 1 N–H and O–H groups in total. The van der Waals surface area contributed by atoms with Gasteiger partial charge in [-0.15, -0.1) is 0 Å². The van der Waals surface area contributed by atoms with E-state index in [1.807, 2.05) is 0 Å². The lowest BCUT2D eigenvalue weighted by Crippen LogP contribution is -2.44. The van der Waals surface area contributed by atoms with Crippen LogP contribution >= 0.6 is 11.6 Å². The van der Waals surface area contributed by atoms with Gasteiger partial charge in [0.1, 0.15) is 17.7 Å². The summed E-state index contributed by atoms with van der Waals surface area (Å²) in [6.45, 7) is 3.31. The van der Waals surface area contributed by atoms with Crippen LogP contribution in [-0.2, 0) is 16.2 Å². The van der Waals surface area contributed by atoms with Crippen molar-refractivity contribution in [2.75, 3.05) is 30.5 Å². The molecule has 12 heteroatoms. The molecule has 1 unspecified atom stereocenters. The van der Waals surface area contributed by atoms with E-state index in [0.717, 1.165) is 22.5 Å². The quantitative estimate of drug-likeness (QED) is 0.241. The van der Waals surface area contributed by atoms with Crippen molar-refractivity contribution in [1.29, 1.82) is 0 Å². The molecular formula is C30H29ClF4N2O4S. The molecule has 0 bridgehead atoms. The van der Waals surface area contributed by atoms with Crippen LogP contribution in [0.1, 0.15) is 36.5 Å². The first kappa shape index (κ1) is 30.3. The molecule has 3 aromatic carbocycles. The Labute approximate surface area is 246 Å². The summed E-state index contributed by atoms with van der Waals surface area (Å²) in [5.41, 5.74) is 0.293. The van der Waals surface area contributed by atoms with Gasteiger partial charge in [0.15, 0.2) is 0 Å². The molecule has 2 aliphatic rings. The number of likely N-dealkylation sites (tertiary alicyclic amines) is 1. The fourth-order valence-corrected chi connectivity index (χ4v) is 7.15. The Kier molecular flexibility index (Phi) is 8.58. The molecule has 0 aliphatic carbocycles. The second kappa shape index (κ2) is 11.9. The summed E-state index contributed by atoms with van der Waals surface area (Å²) in [7, 11) is -4.45. The van der Waals surface area contributed by atoms with Crippen molar-refractivity contribution < 1.29 is 35.8 Å². The van der Waals surface area contributed by atoms with Gasteiger partial charge in [-0.25, -0.2) is 12.8 Å². The lowest BCUT2D eigenvalue weighted by molar-refractivity contribution is -0.137. The molecule has 42 heavy (non-hydrogen) atoms. The molecule has 0 saturated carbocycles. The topological polar surface area (TPSA) is 70.1 Å². The number of fused-ring (bicyclic) bond motifs is 1. The van der Waals surface area contributed by atoms with Gasteiger partial charge < -0.3 is 14.7 Å². The summed E-state index contributed by atoms with van der Waals surface area (Å²) in [5, 5.41) is 10.1. The zero-order valence-electron chi connectivity index (χ0n) is 22.6. The van der Waals surface area contributed by atoms with Crippen molar-refractivity contribution in [2.45, 2.75) is 43.0 Å². The van der Waals surface area contributed by atoms with Crippen LogP contribution in [0.2, 0.25) is 5.02 Å². The predicted octanol–water partition coefficient (Wildman–Crippen LogP) is 6.47. The van der Waals surface area contributed by atoms with Crippen molar-refractivity contribution in [3.05, 3.63) is 88.2 Å². The summed E-state index contributed by atoms with van der Waals surface area (Å²) in [5.74, 6) is -0.262. The van der Waals surface area contributed by atoms with Crippen molar-refractivity contribution in [3.63, 3.8) is 0 Å². The third-order valence-corrected chi connectivity index (χ3v) is 9.51. The Morgan fingerprint density at radius 2 is 1.88 bits per heavy atom. The second-order valence-corrected chi connectivity index (χ2v) is 12.8. The lowest BCUT2D eigenvalue weighted by Gasteiger charge is -2.36. The van der Waals surface area contributed by atoms with E-state index in [2.05, 4.69) is 4.90 Å². The maximum atomic E-state index is 14.5. The monoisotopic (exact) mass is 624 g/mol. The van der Waals surface area contributed by atoms with Gasteiger partial charge >= 0.3 is 6.18 Å². The van der Waals surface area contributed by atoms with Crippen LogP contribution in [0, 0.1) is 5.82 Å². The highest BCUT2D eigenvalue weighted by atomic mass is 35.5. The van der Waals surface area contributed by atoms with Gasteiger partial charge in [-0.05, 0) is 73.4 Å². The van der Waals surface area contributed by atoms with E-state index in [-0.39, 0.29) is 28.6 Å². The smallest absolute Gasteiger partial charge is 0.416 e. The third-order valence-electron chi connectivity index (χ3n) is 7.42.